The Morgan fingerprint density at radius 1 is 0.962 bits per heavy atom. The van der Waals surface area contributed by atoms with Crippen LogP contribution in [0.5, 0.6) is 0 Å². The normalized spacial score (nSPS) is 18.7. The minimum atomic E-state index is -4.73. The number of hydrogen-bond donors (Lipinski definition) is 0. The number of allylic oxidation sites excluding steroid dienone is 2. The van der Waals surface area contributed by atoms with Crippen LogP contribution in [0.15, 0.2) is 60.9 Å². The maximum atomic E-state index is 13.8. The van der Waals surface area contributed by atoms with Gasteiger partial charge in [-0.1, -0.05) is 36.4 Å². The molecule has 13 heteroatoms. The highest BCUT2D eigenvalue weighted by Crippen LogP contribution is 2.48. The number of benzene rings is 2. The number of halogens is 4. The van der Waals surface area contributed by atoms with E-state index in [9.17, 15) is 31.9 Å². The van der Waals surface area contributed by atoms with Gasteiger partial charge in [0.15, 0.2) is 0 Å². The minimum absolute atomic E-state index is 0.0414. The van der Waals surface area contributed by atoms with Gasteiger partial charge >= 0.3 is 12.1 Å². The summed E-state index contributed by atoms with van der Waals surface area (Å²) in [5.41, 5.74) is 0.140. The van der Waals surface area contributed by atoms with Crippen molar-refractivity contribution in [3.8, 4) is 0 Å². The van der Waals surface area contributed by atoms with E-state index in [1.54, 1.807) is 27.9 Å². The fraction of sp³-hybridized carbons (Fsp3) is 0.500. The van der Waals surface area contributed by atoms with Crippen molar-refractivity contribution in [1.82, 2.24) is 19.6 Å². The molecule has 3 heterocycles. The Labute approximate surface area is 306 Å². The molecule has 1 spiro atoms. The first-order valence-corrected chi connectivity index (χ1v) is 17.9. The predicted molar refractivity (Wildman–Crippen MR) is 189 cm³/mol. The van der Waals surface area contributed by atoms with E-state index < -0.39 is 34.5 Å². The summed E-state index contributed by atoms with van der Waals surface area (Å²) in [6.45, 7) is 8.27. The molecular weight excluding hydrogens is 692 g/mol. The Balaban J connectivity index is 1.21. The van der Waals surface area contributed by atoms with Gasteiger partial charge in [0.2, 0.25) is 5.91 Å². The number of carbonyl (C=O) groups is 3. The predicted octanol–water partition coefficient (Wildman–Crippen LogP) is 7.30. The molecular formula is C40H46F4N4O5. The van der Waals surface area contributed by atoms with Crippen LogP contribution in [-0.2, 0) is 27.4 Å². The summed E-state index contributed by atoms with van der Waals surface area (Å²) in [5, 5.41) is 4.31. The van der Waals surface area contributed by atoms with Gasteiger partial charge in [0.05, 0.1) is 37.1 Å². The van der Waals surface area contributed by atoms with Gasteiger partial charge in [-0.15, -0.1) is 0 Å². The molecule has 2 saturated heterocycles. The second-order valence-corrected chi connectivity index (χ2v) is 16.1. The Morgan fingerprint density at radius 2 is 1.66 bits per heavy atom. The van der Waals surface area contributed by atoms with Gasteiger partial charge in [-0.2, -0.15) is 18.3 Å². The number of aromatic nitrogens is 2. The molecule has 284 valence electrons. The fourth-order valence-electron chi connectivity index (χ4n) is 7.45. The molecule has 3 aromatic rings. The standard InChI is InChI=1S/C40H46F4N4O5/c1-37(2,3)53-35(50)33-28(11-8-12-32(33)27-9-6-7-10-27)21-52-22-30-20-46(23-39(30)24-47(25-39)36(51)38(4,5)40(42,43)44)34(49)29-17-45-48(19-29)18-26-13-15-31(41)16-14-26/h8-9,11-17,19,30H,6-7,10,18,20-25H2,1-5H3/t30-/m0/s1. The zero-order valence-corrected chi connectivity index (χ0v) is 30.8. The van der Waals surface area contributed by atoms with Crippen molar-refractivity contribution in [2.24, 2.45) is 16.7 Å². The van der Waals surface area contributed by atoms with Crippen LogP contribution in [0.3, 0.4) is 0 Å². The Bertz CT molecular complexity index is 1890. The second-order valence-electron chi connectivity index (χ2n) is 16.1. The molecule has 53 heavy (non-hydrogen) atoms. The van der Waals surface area contributed by atoms with Crippen LogP contribution in [0.2, 0.25) is 0 Å². The summed E-state index contributed by atoms with van der Waals surface area (Å²) in [5.74, 6) is -2.44. The summed E-state index contributed by atoms with van der Waals surface area (Å²) in [7, 11) is 0. The lowest BCUT2D eigenvalue weighted by Crippen LogP contribution is -2.66. The van der Waals surface area contributed by atoms with Crippen molar-refractivity contribution in [3.05, 3.63) is 94.6 Å². The van der Waals surface area contributed by atoms with Gasteiger partial charge in [0.1, 0.15) is 16.8 Å². The average molecular weight is 739 g/mol. The van der Waals surface area contributed by atoms with Gasteiger partial charge in [0.25, 0.3) is 5.91 Å². The number of rotatable bonds is 10. The number of hydrogen-bond acceptors (Lipinski definition) is 6. The molecule has 2 aliphatic heterocycles. The second kappa shape index (κ2) is 14.4. The molecule has 2 aromatic carbocycles. The van der Waals surface area contributed by atoms with Crippen LogP contribution >= 0.6 is 0 Å². The van der Waals surface area contributed by atoms with E-state index in [-0.39, 0.29) is 57.0 Å². The number of nitrogens with zero attached hydrogens (tertiary/aromatic N) is 4. The highest BCUT2D eigenvalue weighted by molar-refractivity contribution is 5.97. The molecule has 0 radical (unpaired) electrons. The third-order valence-electron chi connectivity index (χ3n) is 10.5. The molecule has 9 nitrogen and oxygen atoms in total. The maximum absolute atomic E-state index is 13.8. The van der Waals surface area contributed by atoms with Crippen molar-refractivity contribution < 1.29 is 41.4 Å². The van der Waals surface area contributed by atoms with Gasteiger partial charge in [-0.25, -0.2) is 9.18 Å². The Hall–Kier alpha value is -4.52. The molecule has 1 atom stereocenters. The van der Waals surface area contributed by atoms with Crippen molar-refractivity contribution in [2.45, 2.75) is 78.8 Å². The summed E-state index contributed by atoms with van der Waals surface area (Å²) >= 11 is 0. The fourth-order valence-corrected chi connectivity index (χ4v) is 7.45. The van der Waals surface area contributed by atoms with Gasteiger partial charge in [0, 0.05) is 43.7 Å². The van der Waals surface area contributed by atoms with Crippen LogP contribution in [0.4, 0.5) is 17.6 Å². The van der Waals surface area contributed by atoms with Crippen molar-refractivity contribution in [1.29, 1.82) is 0 Å². The number of alkyl halides is 3. The number of ether oxygens (including phenoxy) is 2. The van der Waals surface area contributed by atoms with Crippen LogP contribution in [-0.4, -0.2) is 81.9 Å². The van der Waals surface area contributed by atoms with Crippen LogP contribution in [0.1, 0.15) is 91.3 Å². The number of likely N-dealkylation sites (tertiary alicyclic amines) is 2. The lowest BCUT2D eigenvalue weighted by molar-refractivity contribution is -0.223. The molecule has 0 bridgehead atoms. The van der Waals surface area contributed by atoms with E-state index in [2.05, 4.69) is 11.2 Å². The molecule has 2 amide bonds. The third kappa shape index (κ3) is 8.05. The third-order valence-corrected chi connectivity index (χ3v) is 10.5. The Morgan fingerprint density at radius 3 is 2.30 bits per heavy atom. The van der Waals surface area contributed by atoms with Crippen LogP contribution in [0, 0.1) is 22.6 Å². The molecule has 1 aromatic heterocycles. The van der Waals surface area contributed by atoms with E-state index in [4.69, 9.17) is 9.47 Å². The number of amides is 2. The van der Waals surface area contributed by atoms with E-state index in [0.717, 1.165) is 49.8 Å². The highest BCUT2D eigenvalue weighted by Gasteiger charge is 2.61. The minimum Gasteiger partial charge on any atom is -0.456 e. The first kappa shape index (κ1) is 38.2. The molecule has 2 fully saturated rings. The highest BCUT2D eigenvalue weighted by atomic mass is 19.4. The lowest BCUT2D eigenvalue weighted by Gasteiger charge is -2.52. The molecule has 6 rings (SSSR count). The lowest BCUT2D eigenvalue weighted by atomic mass is 9.70. The summed E-state index contributed by atoms with van der Waals surface area (Å²) < 4.78 is 68.5. The van der Waals surface area contributed by atoms with E-state index in [1.807, 2.05) is 39.0 Å². The smallest absolute Gasteiger partial charge is 0.402 e. The van der Waals surface area contributed by atoms with Gasteiger partial charge < -0.3 is 19.3 Å². The van der Waals surface area contributed by atoms with Crippen LogP contribution < -0.4 is 0 Å². The summed E-state index contributed by atoms with van der Waals surface area (Å²) in [4.78, 5) is 43.4. The van der Waals surface area contributed by atoms with E-state index in [1.165, 1.54) is 23.2 Å². The van der Waals surface area contributed by atoms with Crippen molar-refractivity contribution >= 4 is 23.4 Å². The van der Waals surface area contributed by atoms with E-state index >= 15 is 0 Å². The molecule has 0 N–H and O–H groups in total. The van der Waals surface area contributed by atoms with Crippen molar-refractivity contribution in [2.75, 3.05) is 32.8 Å². The monoisotopic (exact) mass is 738 g/mol. The largest absolute Gasteiger partial charge is 0.456 e. The van der Waals surface area contributed by atoms with Gasteiger partial charge in [-0.05, 0) is 88.3 Å². The topological polar surface area (TPSA) is 94.0 Å². The summed E-state index contributed by atoms with van der Waals surface area (Å²) in [6, 6.07) is 11.6. The molecule has 0 unspecified atom stereocenters. The molecule has 1 aliphatic carbocycles. The first-order valence-electron chi connectivity index (χ1n) is 17.9. The van der Waals surface area contributed by atoms with Gasteiger partial charge in [-0.3, -0.25) is 14.3 Å². The zero-order valence-electron chi connectivity index (χ0n) is 30.8. The summed E-state index contributed by atoms with van der Waals surface area (Å²) in [6.07, 6.45) is 3.24. The molecule has 3 aliphatic rings. The number of esters is 1. The SMILES string of the molecule is CC(C)(C)OC(=O)c1c(COC[C@@H]2CN(C(=O)c3cnn(Cc4ccc(F)cc4)c3)CC23CN(C(=O)C(C)(C)C(F)(F)F)C3)cccc1C1=CCCC1. The first-order chi connectivity index (χ1) is 24.9. The maximum Gasteiger partial charge on any atom is 0.402 e. The molecule has 0 saturated carbocycles. The number of carbonyl (C=O) groups excluding carboxylic acids is 3. The Kier molecular flexibility index (Phi) is 10.4. The quantitative estimate of drug-likeness (QED) is 0.160. The zero-order chi connectivity index (χ0) is 38.3. The average Bonchev–Trinajstić information content (AvgIpc) is 3.84. The van der Waals surface area contributed by atoms with Crippen LogP contribution in [0.25, 0.3) is 5.57 Å². The van der Waals surface area contributed by atoms with E-state index in [0.29, 0.717) is 23.2 Å². The van der Waals surface area contributed by atoms with Crippen molar-refractivity contribution in [3.63, 3.8) is 0 Å².